The fourth-order valence-electron chi connectivity index (χ4n) is 1.89. The van der Waals surface area contributed by atoms with Crippen molar-refractivity contribution in [2.75, 3.05) is 0 Å². The van der Waals surface area contributed by atoms with Crippen LogP contribution in [-0.4, -0.2) is 6.04 Å². The van der Waals surface area contributed by atoms with Crippen LogP contribution in [0.2, 0.25) is 4.34 Å². The third kappa shape index (κ3) is 3.51. The Morgan fingerprint density at radius 2 is 2.10 bits per heavy atom. The van der Waals surface area contributed by atoms with Gasteiger partial charge in [0, 0.05) is 10.9 Å². The van der Waals surface area contributed by atoms with E-state index < -0.39 is 6.10 Å². The first-order chi connectivity index (χ1) is 9.51. The number of ether oxygens (including phenoxy) is 1. The lowest BCUT2D eigenvalue weighted by atomic mass is 10.1. The summed E-state index contributed by atoms with van der Waals surface area (Å²) in [5.41, 5.74) is 7.05. The SMILES string of the molecule is CCC(N)C(Oc1cc(C)ccc1F)c1ccc(Cl)s1. The Hall–Kier alpha value is -1.10. The Morgan fingerprint density at radius 1 is 1.35 bits per heavy atom. The summed E-state index contributed by atoms with van der Waals surface area (Å²) in [5, 5.41) is 0. The summed E-state index contributed by atoms with van der Waals surface area (Å²) >= 11 is 7.37. The van der Waals surface area contributed by atoms with Crippen LogP contribution in [0.4, 0.5) is 4.39 Å². The second-order valence-electron chi connectivity index (χ2n) is 4.69. The molecule has 0 amide bonds. The molecular formula is C15H17ClFNOS. The molecule has 2 atom stereocenters. The molecule has 5 heteroatoms. The number of hydrogen-bond donors (Lipinski definition) is 1. The third-order valence-corrected chi connectivity index (χ3v) is 4.37. The van der Waals surface area contributed by atoms with Crippen LogP contribution in [0.25, 0.3) is 0 Å². The van der Waals surface area contributed by atoms with Gasteiger partial charge >= 0.3 is 0 Å². The number of thiophene rings is 1. The summed E-state index contributed by atoms with van der Waals surface area (Å²) in [6.07, 6.45) is 0.335. The molecule has 0 saturated carbocycles. The van der Waals surface area contributed by atoms with Gasteiger partial charge in [-0.05, 0) is 43.2 Å². The molecule has 0 spiro atoms. The summed E-state index contributed by atoms with van der Waals surface area (Å²) in [4.78, 5) is 0.908. The summed E-state index contributed by atoms with van der Waals surface area (Å²) in [5.74, 6) is -0.157. The molecule has 0 aliphatic heterocycles. The van der Waals surface area contributed by atoms with E-state index in [0.717, 1.165) is 16.9 Å². The van der Waals surface area contributed by atoms with E-state index in [0.29, 0.717) is 4.34 Å². The highest BCUT2D eigenvalue weighted by molar-refractivity contribution is 7.16. The molecule has 0 saturated heterocycles. The average molecular weight is 314 g/mol. The smallest absolute Gasteiger partial charge is 0.165 e. The van der Waals surface area contributed by atoms with E-state index in [9.17, 15) is 4.39 Å². The van der Waals surface area contributed by atoms with Crippen LogP contribution in [0, 0.1) is 12.7 Å². The zero-order chi connectivity index (χ0) is 14.7. The topological polar surface area (TPSA) is 35.2 Å². The molecule has 108 valence electrons. The largest absolute Gasteiger partial charge is 0.480 e. The van der Waals surface area contributed by atoms with Crippen molar-refractivity contribution in [3.8, 4) is 5.75 Å². The zero-order valence-corrected chi connectivity index (χ0v) is 13.0. The van der Waals surface area contributed by atoms with Crippen LogP contribution in [0.1, 0.15) is 29.9 Å². The summed E-state index contributed by atoms with van der Waals surface area (Å²) in [7, 11) is 0. The normalized spacial score (nSPS) is 14.1. The van der Waals surface area contributed by atoms with Crippen molar-refractivity contribution in [2.24, 2.45) is 5.73 Å². The Balaban J connectivity index is 2.30. The summed E-state index contributed by atoms with van der Waals surface area (Å²) in [6.45, 7) is 3.87. The molecule has 0 radical (unpaired) electrons. The lowest BCUT2D eigenvalue weighted by Gasteiger charge is -2.23. The van der Waals surface area contributed by atoms with Gasteiger partial charge in [0.1, 0.15) is 6.10 Å². The first kappa shape index (κ1) is 15.3. The Morgan fingerprint density at radius 3 is 2.70 bits per heavy atom. The van der Waals surface area contributed by atoms with E-state index in [2.05, 4.69) is 0 Å². The highest BCUT2D eigenvalue weighted by atomic mass is 35.5. The van der Waals surface area contributed by atoms with Gasteiger partial charge in [0.15, 0.2) is 11.6 Å². The molecular weight excluding hydrogens is 297 g/mol. The highest BCUT2D eigenvalue weighted by Crippen LogP contribution is 2.33. The standard InChI is InChI=1S/C15H17ClFNOS/c1-3-11(18)15(13-6-7-14(16)20-13)19-12-8-9(2)4-5-10(12)17/h4-8,11,15H,3,18H2,1-2H3. The minimum atomic E-state index is -0.395. The van der Waals surface area contributed by atoms with E-state index in [1.54, 1.807) is 18.2 Å². The number of halogens is 2. The molecule has 0 aliphatic carbocycles. The molecule has 0 bridgehead atoms. The van der Waals surface area contributed by atoms with Crippen molar-refractivity contribution in [3.63, 3.8) is 0 Å². The monoisotopic (exact) mass is 313 g/mol. The van der Waals surface area contributed by atoms with E-state index >= 15 is 0 Å². The minimum Gasteiger partial charge on any atom is -0.480 e. The zero-order valence-electron chi connectivity index (χ0n) is 11.4. The molecule has 2 aromatic rings. The molecule has 0 fully saturated rings. The second kappa shape index (κ2) is 6.57. The Labute approximate surface area is 127 Å². The maximum atomic E-state index is 13.8. The van der Waals surface area contributed by atoms with Crippen molar-refractivity contribution in [2.45, 2.75) is 32.4 Å². The predicted octanol–water partition coefficient (Wildman–Crippen LogP) is 4.71. The van der Waals surface area contributed by atoms with Gasteiger partial charge in [-0.25, -0.2) is 4.39 Å². The van der Waals surface area contributed by atoms with Crippen LogP contribution in [0.3, 0.4) is 0 Å². The first-order valence-corrected chi connectivity index (χ1v) is 7.64. The van der Waals surface area contributed by atoms with Gasteiger partial charge < -0.3 is 10.5 Å². The van der Waals surface area contributed by atoms with Crippen LogP contribution < -0.4 is 10.5 Å². The fraction of sp³-hybridized carbons (Fsp3) is 0.333. The molecule has 1 heterocycles. The van der Waals surface area contributed by atoms with Gasteiger partial charge in [0.25, 0.3) is 0 Å². The molecule has 2 nitrogen and oxygen atoms in total. The fourth-order valence-corrected chi connectivity index (χ4v) is 3.06. The summed E-state index contributed by atoms with van der Waals surface area (Å²) in [6, 6.07) is 8.25. The molecule has 1 aromatic heterocycles. The number of nitrogens with two attached hydrogens (primary N) is 1. The lowest BCUT2D eigenvalue weighted by Crippen LogP contribution is -2.31. The highest BCUT2D eigenvalue weighted by Gasteiger charge is 2.23. The van der Waals surface area contributed by atoms with Crippen LogP contribution in [0.15, 0.2) is 30.3 Å². The third-order valence-electron chi connectivity index (χ3n) is 3.08. The van der Waals surface area contributed by atoms with Gasteiger partial charge in [-0.2, -0.15) is 0 Å². The Kier molecular flexibility index (Phi) is 5.02. The van der Waals surface area contributed by atoms with Gasteiger partial charge in [0.05, 0.1) is 4.34 Å². The molecule has 1 aromatic carbocycles. The van der Waals surface area contributed by atoms with Crippen LogP contribution in [0.5, 0.6) is 5.75 Å². The van der Waals surface area contributed by atoms with E-state index in [4.69, 9.17) is 22.1 Å². The van der Waals surface area contributed by atoms with Crippen molar-refractivity contribution in [1.82, 2.24) is 0 Å². The average Bonchev–Trinajstić information content (AvgIpc) is 2.85. The summed E-state index contributed by atoms with van der Waals surface area (Å²) < 4.78 is 20.3. The quantitative estimate of drug-likeness (QED) is 0.868. The van der Waals surface area contributed by atoms with E-state index in [1.807, 2.05) is 19.9 Å². The Bertz CT molecular complexity index is 587. The van der Waals surface area contributed by atoms with Crippen molar-refractivity contribution in [3.05, 3.63) is 50.9 Å². The van der Waals surface area contributed by atoms with Crippen LogP contribution in [-0.2, 0) is 0 Å². The van der Waals surface area contributed by atoms with Crippen LogP contribution >= 0.6 is 22.9 Å². The van der Waals surface area contributed by atoms with Crippen molar-refractivity contribution in [1.29, 1.82) is 0 Å². The van der Waals surface area contributed by atoms with E-state index in [1.165, 1.54) is 17.4 Å². The first-order valence-electron chi connectivity index (χ1n) is 6.45. The second-order valence-corrected chi connectivity index (χ2v) is 6.43. The van der Waals surface area contributed by atoms with Gasteiger partial charge in [-0.15, -0.1) is 11.3 Å². The molecule has 20 heavy (non-hydrogen) atoms. The number of benzene rings is 1. The lowest BCUT2D eigenvalue weighted by molar-refractivity contribution is 0.167. The van der Waals surface area contributed by atoms with Gasteiger partial charge in [-0.3, -0.25) is 0 Å². The van der Waals surface area contributed by atoms with E-state index in [-0.39, 0.29) is 17.6 Å². The number of hydrogen-bond acceptors (Lipinski definition) is 3. The van der Waals surface area contributed by atoms with Crippen molar-refractivity contribution < 1.29 is 9.13 Å². The molecule has 2 unspecified atom stereocenters. The molecule has 2 rings (SSSR count). The molecule has 2 N–H and O–H groups in total. The number of rotatable bonds is 5. The maximum absolute atomic E-state index is 13.8. The van der Waals surface area contributed by atoms with Crippen molar-refractivity contribution >= 4 is 22.9 Å². The van der Waals surface area contributed by atoms with Gasteiger partial charge in [0.2, 0.25) is 0 Å². The predicted molar refractivity (Wildman–Crippen MR) is 82.1 cm³/mol. The maximum Gasteiger partial charge on any atom is 0.165 e. The van der Waals surface area contributed by atoms with Gasteiger partial charge in [-0.1, -0.05) is 24.6 Å². The molecule has 0 aliphatic rings. The number of aryl methyl sites for hydroxylation is 1. The minimum absolute atomic E-state index is 0.218.